The predicted octanol–water partition coefficient (Wildman–Crippen LogP) is 4.31. The van der Waals surface area contributed by atoms with Crippen molar-refractivity contribution < 1.29 is 4.79 Å². The van der Waals surface area contributed by atoms with E-state index in [2.05, 4.69) is 25.7 Å². The molecule has 0 bridgehead atoms. The Bertz CT molecular complexity index is 1220. The topological polar surface area (TPSA) is 83.0 Å². The molecule has 4 rings (SSSR count). The molecule has 0 radical (unpaired) electrons. The molecule has 6 heteroatoms. The maximum absolute atomic E-state index is 12.8. The number of aromatic nitrogens is 3. The Morgan fingerprint density at radius 1 is 1.10 bits per heavy atom. The van der Waals surface area contributed by atoms with Gasteiger partial charge >= 0.3 is 0 Å². The molecule has 144 valence electrons. The number of rotatable bonds is 4. The number of hydrazone groups is 1. The lowest BCUT2D eigenvalue weighted by Crippen LogP contribution is -2.18. The number of aryl methyl sites for hydroxylation is 3. The van der Waals surface area contributed by atoms with Crippen LogP contribution in [0, 0.1) is 20.8 Å². The number of amides is 1. The Balaban J connectivity index is 1.58. The number of H-pyrrole nitrogens is 1. The fourth-order valence-electron chi connectivity index (χ4n) is 3.27. The predicted molar refractivity (Wildman–Crippen MR) is 115 cm³/mol. The minimum Gasteiger partial charge on any atom is -0.277 e. The summed E-state index contributed by atoms with van der Waals surface area (Å²) >= 11 is 0. The highest BCUT2D eigenvalue weighted by molar-refractivity contribution is 6.07. The summed E-state index contributed by atoms with van der Waals surface area (Å²) in [5, 5.41) is 12.0. The normalized spacial score (nSPS) is 11.3. The molecule has 2 aromatic carbocycles. The molecule has 0 saturated carbocycles. The van der Waals surface area contributed by atoms with E-state index in [4.69, 9.17) is 0 Å². The van der Waals surface area contributed by atoms with Gasteiger partial charge in [-0.25, -0.2) is 5.43 Å². The van der Waals surface area contributed by atoms with Crippen LogP contribution in [0.15, 0.2) is 59.8 Å². The first-order chi connectivity index (χ1) is 14.0. The Morgan fingerprint density at radius 2 is 1.90 bits per heavy atom. The zero-order valence-corrected chi connectivity index (χ0v) is 16.5. The summed E-state index contributed by atoms with van der Waals surface area (Å²) in [5.41, 5.74) is 9.67. The van der Waals surface area contributed by atoms with Gasteiger partial charge in [-0.05, 0) is 32.4 Å². The third-order valence-electron chi connectivity index (χ3n) is 4.79. The summed E-state index contributed by atoms with van der Waals surface area (Å²) in [7, 11) is 0. The van der Waals surface area contributed by atoms with Gasteiger partial charge in [0.05, 0.1) is 29.2 Å². The first-order valence-electron chi connectivity index (χ1n) is 9.34. The van der Waals surface area contributed by atoms with Crippen molar-refractivity contribution in [2.24, 2.45) is 5.10 Å². The summed E-state index contributed by atoms with van der Waals surface area (Å²) in [4.78, 5) is 17.3. The van der Waals surface area contributed by atoms with E-state index in [0.29, 0.717) is 5.56 Å². The highest BCUT2D eigenvalue weighted by Crippen LogP contribution is 2.22. The van der Waals surface area contributed by atoms with Gasteiger partial charge in [-0.2, -0.15) is 10.2 Å². The molecule has 0 spiro atoms. The van der Waals surface area contributed by atoms with Gasteiger partial charge in [-0.3, -0.25) is 14.9 Å². The van der Waals surface area contributed by atoms with Crippen molar-refractivity contribution in [3.05, 3.63) is 82.7 Å². The van der Waals surface area contributed by atoms with Crippen LogP contribution >= 0.6 is 0 Å². The van der Waals surface area contributed by atoms with Gasteiger partial charge in [-0.1, -0.05) is 48.0 Å². The van der Waals surface area contributed by atoms with E-state index in [-0.39, 0.29) is 5.91 Å². The monoisotopic (exact) mass is 383 g/mol. The molecule has 0 unspecified atom stereocenters. The van der Waals surface area contributed by atoms with Crippen molar-refractivity contribution in [3.8, 4) is 11.3 Å². The second-order valence-corrected chi connectivity index (χ2v) is 7.05. The molecule has 0 aliphatic rings. The van der Waals surface area contributed by atoms with Crippen LogP contribution in [-0.4, -0.2) is 27.3 Å². The molecule has 2 aromatic heterocycles. The number of aromatic amines is 1. The molecule has 0 aliphatic carbocycles. The van der Waals surface area contributed by atoms with Crippen LogP contribution in [0.1, 0.15) is 32.7 Å². The summed E-state index contributed by atoms with van der Waals surface area (Å²) in [6.45, 7) is 5.91. The van der Waals surface area contributed by atoms with Crippen molar-refractivity contribution in [1.82, 2.24) is 20.6 Å². The quantitative estimate of drug-likeness (QED) is 0.407. The second kappa shape index (κ2) is 7.67. The van der Waals surface area contributed by atoms with Gasteiger partial charge in [0.2, 0.25) is 0 Å². The SMILES string of the molecule is Cc1ccc(-c2[nH]ncc2C=NNC(=O)c2cc(C)nc3c(C)cccc23)cc1. The smallest absolute Gasteiger partial charge is 0.272 e. The summed E-state index contributed by atoms with van der Waals surface area (Å²) in [6, 6.07) is 15.7. The average Bonchev–Trinajstić information content (AvgIpc) is 3.17. The molecule has 2 heterocycles. The van der Waals surface area contributed by atoms with E-state index >= 15 is 0 Å². The number of fused-ring (bicyclic) bond motifs is 1. The van der Waals surface area contributed by atoms with Crippen molar-refractivity contribution in [3.63, 3.8) is 0 Å². The number of hydrogen-bond donors (Lipinski definition) is 2. The number of carbonyl (C=O) groups is 1. The highest BCUT2D eigenvalue weighted by atomic mass is 16.2. The number of benzene rings is 2. The van der Waals surface area contributed by atoms with Crippen LogP contribution in [0.5, 0.6) is 0 Å². The lowest BCUT2D eigenvalue weighted by atomic mass is 10.0. The number of nitrogens with zero attached hydrogens (tertiary/aromatic N) is 3. The number of para-hydroxylation sites is 1. The number of pyridine rings is 1. The van der Waals surface area contributed by atoms with Crippen molar-refractivity contribution in [2.75, 3.05) is 0 Å². The first kappa shape index (κ1) is 18.6. The van der Waals surface area contributed by atoms with Gasteiger partial charge < -0.3 is 0 Å². The Hall–Kier alpha value is -3.80. The van der Waals surface area contributed by atoms with Crippen molar-refractivity contribution in [1.29, 1.82) is 0 Å². The highest BCUT2D eigenvalue weighted by Gasteiger charge is 2.13. The largest absolute Gasteiger partial charge is 0.277 e. The maximum Gasteiger partial charge on any atom is 0.272 e. The lowest BCUT2D eigenvalue weighted by Gasteiger charge is -2.08. The molecule has 2 N–H and O–H groups in total. The maximum atomic E-state index is 12.8. The van der Waals surface area contributed by atoms with E-state index in [1.807, 2.05) is 63.2 Å². The third-order valence-corrected chi connectivity index (χ3v) is 4.79. The molecule has 1 amide bonds. The zero-order valence-electron chi connectivity index (χ0n) is 16.5. The Morgan fingerprint density at radius 3 is 2.69 bits per heavy atom. The number of carbonyl (C=O) groups excluding carboxylic acids is 1. The molecular weight excluding hydrogens is 362 g/mol. The van der Waals surface area contributed by atoms with E-state index in [0.717, 1.165) is 39.0 Å². The fourth-order valence-corrected chi connectivity index (χ4v) is 3.27. The first-order valence-corrected chi connectivity index (χ1v) is 9.34. The third kappa shape index (κ3) is 3.78. The van der Waals surface area contributed by atoms with Gasteiger partial charge in [0.1, 0.15) is 0 Å². The van der Waals surface area contributed by atoms with Crippen molar-refractivity contribution >= 4 is 23.0 Å². The molecular formula is C23H21N5O. The molecule has 0 saturated heterocycles. The molecule has 29 heavy (non-hydrogen) atoms. The van der Waals surface area contributed by atoms with E-state index in [1.165, 1.54) is 5.56 Å². The van der Waals surface area contributed by atoms with Crippen LogP contribution in [0.3, 0.4) is 0 Å². The number of nitrogens with one attached hydrogen (secondary N) is 2. The summed E-state index contributed by atoms with van der Waals surface area (Å²) in [6.07, 6.45) is 3.28. The van der Waals surface area contributed by atoms with Crippen LogP contribution in [0.4, 0.5) is 0 Å². The molecule has 0 aliphatic heterocycles. The van der Waals surface area contributed by atoms with Crippen LogP contribution in [0.2, 0.25) is 0 Å². The summed E-state index contributed by atoms with van der Waals surface area (Å²) < 4.78 is 0. The summed E-state index contributed by atoms with van der Waals surface area (Å²) in [5.74, 6) is -0.275. The van der Waals surface area contributed by atoms with Crippen LogP contribution in [-0.2, 0) is 0 Å². The zero-order chi connectivity index (χ0) is 20.4. The molecule has 6 nitrogen and oxygen atoms in total. The molecule has 0 atom stereocenters. The van der Waals surface area contributed by atoms with Gasteiger partial charge in [0.15, 0.2) is 0 Å². The fraction of sp³-hybridized carbons (Fsp3) is 0.130. The Kier molecular flexibility index (Phi) is 4.91. The van der Waals surface area contributed by atoms with Gasteiger partial charge in [0, 0.05) is 22.2 Å². The minimum atomic E-state index is -0.275. The van der Waals surface area contributed by atoms with Crippen molar-refractivity contribution in [2.45, 2.75) is 20.8 Å². The van der Waals surface area contributed by atoms with E-state index < -0.39 is 0 Å². The molecule has 4 aromatic rings. The van der Waals surface area contributed by atoms with E-state index in [9.17, 15) is 4.79 Å². The second-order valence-electron chi connectivity index (χ2n) is 7.05. The minimum absolute atomic E-state index is 0.275. The van der Waals surface area contributed by atoms with Gasteiger partial charge in [-0.15, -0.1) is 0 Å². The lowest BCUT2D eigenvalue weighted by molar-refractivity contribution is 0.0956. The van der Waals surface area contributed by atoms with Crippen LogP contribution in [0.25, 0.3) is 22.2 Å². The standard InChI is InChI=1S/C23H21N5O/c1-14-7-9-17(10-8-14)22-18(12-24-27-22)13-25-28-23(29)20-11-16(3)26-21-15(2)5-4-6-19(20)21/h4-13H,1-3H3,(H,24,27)(H,28,29). The Labute approximate surface area is 168 Å². The molecule has 0 fully saturated rings. The number of hydrogen-bond acceptors (Lipinski definition) is 4. The van der Waals surface area contributed by atoms with Gasteiger partial charge in [0.25, 0.3) is 5.91 Å². The average molecular weight is 383 g/mol. The van der Waals surface area contributed by atoms with E-state index in [1.54, 1.807) is 18.5 Å². The van der Waals surface area contributed by atoms with Crippen LogP contribution < -0.4 is 5.43 Å².